The summed E-state index contributed by atoms with van der Waals surface area (Å²) in [5, 5.41) is 2.42. The smallest absolute Gasteiger partial charge is 0.0753 e. The molecular formula is C16H11Cl2N. The fraction of sp³-hybridized carbons (Fsp3) is 0.0625. The lowest BCUT2D eigenvalue weighted by atomic mass is 10.1. The Bertz CT molecular complexity index is 749. The summed E-state index contributed by atoms with van der Waals surface area (Å²) in [6.45, 7) is 2.04. The first-order chi connectivity index (χ1) is 9.15. The average molecular weight is 288 g/mol. The summed E-state index contributed by atoms with van der Waals surface area (Å²) in [6.07, 6.45) is 0. The van der Waals surface area contributed by atoms with Crippen molar-refractivity contribution in [1.82, 2.24) is 4.98 Å². The first-order valence-electron chi connectivity index (χ1n) is 5.97. The number of hydrogen-bond donors (Lipinski definition) is 0. The quantitative estimate of drug-likeness (QED) is 0.574. The van der Waals surface area contributed by atoms with Crippen LogP contribution in [0.15, 0.2) is 48.5 Å². The lowest BCUT2D eigenvalue weighted by Gasteiger charge is -2.07. The maximum absolute atomic E-state index is 6.35. The molecule has 0 N–H and O–H groups in total. The van der Waals surface area contributed by atoms with E-state index in [0.29, 0.717) is 5.02 Å². The highest BCUT2D eigenvalue weighted by Crippen LogP contribution is 2.29. The highest BCUT2D eigenvalue weighted by molar-refractivity contribution is 6.35. The number of rotatable bonds is 1. The van der Waals surface area contributed by atoms with Crippen molar-refractivity contribution in [2.24, 2.45) is 0 Å². The van der Waals surface area contributed by atoms with E-state index in [2.05, 4.69) is 0 Å². The van der Waals surface area contributed by atoms with Gasteiger partial charge in [-0.3, -0.25) is 0 Å². The predicted molar refractivity (Wildman–Crippen MR) is 81.9 cm³/mol. The molecule has 0 aliphatic carbocycles. The number of nitrogens with zero attached hydrogens (tertiary/aromatic N) is 1. The molecule has 0 aliphatic rings. The largest absolute Gasteiger partial charge is 0.247 e. The molecule has 0 fully saturated rings. The van der Waals surface area contributed by atoms with E-state index in [0.717, 1.165) is 32.7 Å². The highest BCUT2D eigenvalue weighted by Gasteiger charge is 2.07. The van der Waals surface area contributed by atoms with Gasteiger partial charge in [-0.1, -0.05) is 53.5 Å². The zero-order valence-corrected chi connectivity index (χ0v) is 11.8. The number of fused-ring (bicyclic) bond motifs is 1. The summed E-state index contributed by atoms with van der Waals surface area (Å²) in [7, 11) is 0. The molecule has 19 heavy (non-hydrogen) atoms. The van der Waals surface area contributed by atoms with E-state index in [9.17, 15) is 0 Å². The van der Waals surface area contributed by atoms with Crippen LogP contribution in [0.4, 0.5) is 0 Å². The summed E-state index contributed by atoms with van der Waals surface area (Å²) in [6, 6.07) is 15.5. The van der Waals surface area contributed by atoms with Crippen molar-refractivity contribution in [1.29, 1.82) is 0 Å². The van der Waals surface area contributed by atoms with E-state index in [1.807, 2.05) is 55.5 Å². The number of aryl methyl sites for hydroxylation is 1. The van der Waals surface area contributed by atoms with Crippen molar-refractivity contribution in [2.45, 2.75) is 6.92 Å². The number of hydrogen-bond acceptors (Lipinski definition) is 1. The van der Waals surface area contributed by atoms with Gasteiger partial charge in [0.25, 0.3) is 0 Å². The molecule has 0 amide bonds. The Balaban J connectivity index is 2.25. The van der Waals surface area contributed by atoms with Gasteiger partial charge in [0.15, 0.2) is 0 Å². The standard InChI is InChI=1S/C16H11Cl2N/c1-10-3-2-4-13-14(18)9-15(19-16(10)13)11-5-7-12(17)8-6-11/h2-9H,1H3. The van der Waals surface area contributed by atoms with E-state index in [1.54, 1.807) is 0 Å². The first-order valence-corrected chi connectivity index (χ1v) is 6.72. The number of benzene rings is 2. The Morgan fingerprint density at radius 2 is 1.68 bits per heavy atom. The molecule has 3 aromatic rings. The molecular weight excluding hydrogens is 277 g/mol. The molecule has 0 aliphatic heterocycles. The predicted octanol–water partition coefficient (Wildman–Crippen LogP) is 5.52. The second-order valence-corrected chi connectivity index (χ2v) is 5.31. The van der Waals surface area contributed by atoms with E-state index < -0.39 is 0 Å². The van der Waals surface area contributed by atoms with Crippen LogP contribution in [0.1, 0.15) is 5.56 Å². The van der Waals surface area contributed by atoms with Gasteiger partial charge in [0.1, 0.15) is 0 Å². The molecule has 1 nitrogen and oxygen atoms in total. The van der Waals surface area contributed by atoms with Gasteiger partial charge in [-0.15, -0.1) is 0 Å². The van der Waals surface area contributed by atoms with Crippen molar-refractivity contribution < 1.29 is 0 Å². The Morgan fingerprint density at radius 1 is 0.947 bits per heavy atom. The molecule has 0 saturated heterocycles. The van der Waals surface area contributed by atoms with Gasteiger partial charge in [0, 0.05) is 16.0 Å². The van der Waals surface area contributed by atoms with Gasteiger partial charge in [-0.2, -0.15) is 0 Å². The van der Waals surface area contributed by atoms with Crippen LogP contribution in [0.25, 0.3) is 22.2 Å². The summed E-state index contributed by atoms with van der Waals surface area (Å²) in [5.74, 6) is 0. The second kappa shape index (κ2) is 4.84. The monoisotopic (exact) mass is 287 g/mol. The molecule has 0 saturated carbocycles. The fourth-order valence-electron chi connectivity index (χ4n) is 2.12. The third-order valence-corrected chi connectivity index (χ3v) is 3.70. The number of aromatic nitrogens is 1. The fourth-order valence-corrected chi connectivity index (χ4v) is 2.50. The van der Waals surface area contributed by atoms with Gasteiger partial charge in [-0.05, 0) is 30.7 Å². The minimum absolute atomic E-state index is 0.715. The summed E-state index contributed by atoms with van der Waals surface area (Å²) in [5.41, 5.74) is 3.94. The second-order valence-electron chi connectivity index (χ2n) is 4.47. The zero-order valence-electron chi connectivity index (χ0n) is 10.3. The Labute approximate surface area is 121 Å². The van der Waals surface area contributed by atoms with Gasteiger partial charge in [-0.25, -0.2) is 4.98 Å². The van der Waals surface area contributed by atoms with E-state index >= 15 is 0 Å². The minimum Gasteiger partial charge on any atom is -0.247 e. The number of pyridine rings is 1. The van der Waals surface area contributed by atoms with Crippen LogP contribution in [0.3, 0.4) is 0 Å². The van der Waals surface area contributed by atoms with Gasteiger partial charge in [0.05, 0.1) is 16.2 Å². The minimum atomic E-state index is 0.715. The van der Waals surface area contributed by atoms with Gasteiger partial charge in [0.2, 0.25) is 0 Å². The maximum Gasteiger partial charge on any atom is 0.0753 e. The number of para-hydroxylation sites is 1. The maximum atomic E-state index is 6.35. The van der Waals surface area contributed by atoms with Gasteiger partial charge >= 0.3 is 0 Å². The van der Waals surface area contributed by atoms with Crippen molar-refractivity contribution >= 4 is 34.1 Å². The summed E-state index contributed by atoms with van der Waals surface area (Å²) < 4.78 is 0. The molecule has 0 spiro atoms. The molecule has 1 aromatic heterocycles. The van der Waals surface area contributed by atoms with Crippen LogP contribution in [-0.2, 0) is 0 Å². The van der Waals surface area contributed by atoms with Crippen LogP contribution < -0.4 is 0 Å². The van der Waals surface area contributed by atoms with Crippen LogP contribution in [0, 0.1) is 6.92 Å². The van der Waals surface area contributed by atoms with E-state index in [4.69, 9.17) is 28.2 Å². The SMILES string of the molecule is Cc1cccc2c(Cl)cc(-c3ccc(Cl)cc3)nc12. The zero-order chi connectivity index (χ0) is 13.4. The first kappa shape index (κ1) is 12.5. The topological polar surface area (TPSA) is 12.9 Å². The Kier molecular flexibility index (Phi) is 3.17. The van der Waals surface area contributed by atoms with E-state index in [1.165, 1.54) is 0 Å². The van der Waals surface area contributed by atoms with Crippen molar-refractivity contribution in [3.63, 3.8) is 0 Å². The average Bonchev–Trinajstić information content (AvgIpc) is 2.41. The molecule has 2 aromatic carbocycles. The molecule has 0 bridgehead atoms. The molecule has 3 rings (SSSR count). The Morgan fingerprint density at radius 3 is 2.42 bits per heavy atom. The molecule has 0 atom stereocenters. The van der Waals surface area contributed by atoms with E-state index in [-0.39, 0.29) is 0 Å². The van der Waals surface area contributed by atoms with Gasteiger partial charge < -0.3 is 0 Å². The van der Waals surface area contributed by atoms with Crippen LogP contribution in [0.2, 0.25) is 10.0 Å². The molecule has 0 unspecified atom stereocenters. The molecule has 1 heterocycles. The lowest BCUT2D eigenvalue weighted by molar-refractivity contribution is 1.36. The van der Waals surface area contributed by atoms with Crippen molar-refractivity contribution in [3.8, 4) is 11.3 Å². The number of halogens is 2. The van der Waals surface area contributed by atoms with Crippen molar-refractivity contribution in [2.75, 3.05) is 0 Å². The molecule has 94 valence electrons. The third-order valence-electron chi connectivity index (χ3n) is 3.13. The molecule has 3 heteroatoms. The van der Waals surface area contributed by atoms with Crippen LogP contribution >= 0.6 is 23.2 Å². The lowest BCUT2D eigenvalue weighted by Crippen LogP contribution is -1.89. The summed E-state index contributed by atoms with van der Waals surface area (Å²) >= 11 is 12.3. The van der Waals surface area contributed by atoms with Crippen LogP contribution in [0.5, 0.6) is 0 Å². The van der Waals surface area contributed by atoms with Crippen molar-refractivity contribution in [3.05, 3.63) is 64.1 Å². The third kappa shape index (κ3) is 2.32. The Hall–Kier alpha value is -1.57. The normalized spacial score (nSPS) is 10.9. The van der Waals surface area contributed by atoms with Crippen LogP contribution in [-0.4, -0.2) is 4.98 Å². The highest BCUT2D eigenvalue weighted by atomic mass is 35.5. The summed E-state index contributed by atoms with van der Waals surface area (Å²) in [4.78, 5) is 4.71. The molecule has 0 radical (unpaired) electrons.